The average molecular weight is 358 g/mol. The van der Waals surface area contributed by atoms with Crippen LogP contribution in [0.4, 0.5) is 9.52 Å². The number of alkyl halides is 1. The summed E-state index contributed by atoms with van der Waals surface area (Å²) in [4.78, 5) is 11.6. The summed E-state index contributed by atoms with van der Waals surface area (Å²) in [5.74, 6) is -0.271. The fourth-order valence-corrected chi connectivity index (χ4v) is 2.33. The molecule has 0 aliphatic heterocycles. The first-order valence-electron chi connectivity index (χ1n) is 6.01. The van der Waals surface area contributed by atoms with Crippen LogP contribution >= 0.6 is 27.3 Å². The lowest BCUT2D eigenvalue weighted by atomic mass is 10.1. The summed E-state index contributed by atoms with van der Waals surface area (Å²) in [6.45, 7) is 3.89. The Bertz CT molecular complexity index is 600. The van der Waals surface area contributed by atoms with Gasteiger partial charge in [-0.25, -0.2) is 4.39 Å². The van der Waals surface area contributed by atoms with Crippen LogP contribution in [-0.4, -0.2) is 20.9 Å². The molecule has 0 aliphatic carbocycles. The van der Waals surface area contributed by atoms with Crippen molar-refractivity contribution in [3.8, 4) is 10.6 Å². The Kier molecular flexibility index (Phi) is 4.82. The van der Waals surface area contributed by atoms with Gasteiger partial charge in [0.1, 0.15) is 10.8 Å². The van der Waals surface area contributed by atoms with Gasteiger partial charge in [0.15, 0.2) is 0 Å². The zero-order chi connectivity index (χ0) is 14.7. The van der Waals surface area contributed by atoms with E-state index in [-0.39, 0.29) is 22.5 Å². The SMILES string of the molecule is CC(C)[C@@H](Br)C(=O)Nc1nnc(-c2ccc(F)cc2)s1. The number of hydrogen-bond donors (Lipinski definition) is 1. The quantitative estimate of drug-likeness (QED) is 0.848. The molecule has 1 amide bonds. The van der Waals surface area contributed by atoms with Crippen LogP contribution in [0.3, 0.4) is 0 Å². The second kappa shape index (κ2) is 6.41. The summed E-state index contributed by atoms with van der Waals surface area (Å²) in [6.07, 6.45) is 0. The number of carbonyl (C=O) groups is 1. The number of nitrogens with zero attached hydrogens (tertiary/aromatic N) is 2. The summed E-state index contributed by atoms with van der Waals surface area (Å²) in [7, 11) is 0. The number of carbonyl (C=O) groups excluding carboxylic acids is 1. The number of nitrogens with one attached hydrogen (secondary N) is 1. The fraction of sp³-hybridized carbons (Fsp3) is 0.308. The Labute approximate surface area is 128 Å². The predicted octanol–water partition coefficient (Wildman–Crippen LogP) is 3.70. The first kappa shape index (κ1) is 15.1. The van der Waals surface area contributed by atoms with Crippen LogP contribution in [0.5, 0.6) is 0 Å². The number of anilines is 1. The molecule has 1 aromatic carbocycles. The Morgan fingerprint density at radius 3 is 2.55 bits per heavy atom. The third kappa shape index (κ3) is 3.61. The highest BCUT2D eigenvalue weighted by Crippen LogP contribution is 2.27. The van der Waals surface area contributed by atoms with E-state index >= 15 is 0 Å². The van der Waals surface area contributed by atoms with Crippen molar-refractivity contribution < 1.29 is 9.18 Å². The maximum atomic E-state index is 12.8. The molecule has 0 saturated heterocycles. The normalized spacial score (nSPS) is 12.4. The number of benzene rings is 1. The zero-order valence-electron chi connectivity index (χ0n) is 10.9. The van der Waals surface area contributed by atoms with Gasteiger partial charge in [0.05, 0.1) is 4.83 Å². The fourth-order valence-electron chi connectivity index (χ4n) is 1.46. The van der Waals surface area contributed by atoms with Gasteiger partial charge in [-0.1, -0.05) is 41.1 Å². The van der Waals surface area contributed by atoms with Crippen LogP contribution in [0.15, 0.2) is 24.3 Å². The first-order chi connectivity index (χ1) is 9.47. The summed E-state index contributed by atoms with van der Waals surface area (Å²) in [5, 5.41) is 11.7. The Morgan fingerprint density at radius 1 is 1.30 bits per heavy atom. The average Bonchev–Trinajstić information content (AvgIpc) is 2.87. The molecule has 0 unspecified atom stereocenters. The summed E-state index contributed by atoms with van der Waals surface area (Å²) < 4.78 is 12.8. The second-order valence-corrected chi connectivity index (χ2v) is 6.52. The largest absolute Gasteiger partial charge is 0.300 e. The molecule has 20 heavy (non-hydrogen) atoms. The minimum atomic E-state index is -0.300. The van der Waals surface area contributed by atoms with Gasteiger partial charge in [-0.15, -0.1) is 10.2 Å². The molecule has 1 N–H and O–H groups in total. The second-order valence-electron chi connectivity index (χ2n) is 4.55. The highest BCUT2D eigenvalue weighted by atomic mass is 79.9. The van der Waals surface area contributed by atoms with Gasteiger partial charge < -0.3 is 0 Å². The molecule has 2 aromatic rings. The molecule has 0 saturated carbocycles. The lowest BCUT2D eigenvalue weighted by Crippen LogP contribution is -2.26. The van der Waals surface area contributed by atoms with Crippen molar-refractivity contribution in [1.82, 2.24) is 10.2 Å². The maximum Gasteiger partial charge on any atom is 0.240 e. The van der Waals surface area contributed by atoms with E-state index in [9.17, 15) is 9.18 Å². The Balaban J connectivity index is 2.09. The number of amides is 1. The highest BCUT2D eigenvalue weighted by molar-refractivity contribution is 9.10. The van der Waals surface area contributed by atoms with E-state index in [0.717, 1.165) is 5.56 Å². The van der Waals surface area contributed by atoms with Crippen molar-refractivity contribution in [2.75, 3.05) is 5.32 Å². The van der Waals surface area contributed by atoms with E-state index in [4.69, 9.17) is 0 Å². The minimum Gasteiger partial charge on any atom is -0.300 e. The van der Waals surface area contributed by atoms with Crippen LogP contribution in [0.25, 0.3) is 10.6 Å². The molecule has 1 heterocycles. The highest BCUT2D eigenvalue weighted by Gasteiger charge is 2.20. The summed E-state index contributed by atoms with van der Waals surface area (Å²) in [5.41, 5.74) is 0.767. The minimum absolute atomic E-state index is 0.151. The molecule has 7 heteroatoms. The van der Waals surface area contributed by atoms with Crippen molar-refractivity contribution >= 4 is 38.3 Å². The van der Waals surface area contributed by atoms with E-state index in [1.165, 1.54) is 23.5 Å². The number of hydrogen-bond acceptors (Lipinski definition) is 4. The molecule has 106 valence electrons. The molecule has 0 radical (unpaired) electrons. The molecule has 1 atom stereocenters. The predicted molar refractivity (Wildman–Crippen MR) is 81.5 cm³/mol. The lowest BCUT2D eigenvalue weighted by Gasteiger charge is -2.11. The Hall–Kier alpha value is -1.34. The van der Waals surface area contributed by atoms with Crippen LogP contribution in [-0.2, 0) is 4.79 Å². The van der Waals surface area contributed by atoms with Crippen molar-refractivity contribution in [2.45, 2.75) is 18.7 Å². The first-order valence-corrected chi connectivity index (χ1v) is 7.75. The molecular formula is C13H13BrFN3OS. The van der Waals surface area contributed by atoms with Gasteiger partial charge in [0.2, 0.25) is 11.0 Å². The van der Waals surface area contributed by atoms with E-state index in [2.05, 4.69) is 31.4 Å². The van der Waals surface area contributed by atoms with Gasteiger partial charge in [0, 0.05) is 5.56 Å². The van der Waals surface area contributed by atoms with Gasteiger partial charge in [0.25, 0.3) is 0 Å². The third-order valence-electron chi connectivity index (χ3n) is 2.58. The van der Waals surface area contributed by atoms with Crippen LogP contribution in [0, 0.1) is 11.7 Å². The summed E-state index contributed by atoms with van der Waals surface area (Å²) in [6, 6.07) is 5.98. The molecule has 2 rings (SSSR count). The van der Waals surface area contributed by atoms with Gasteiger partial charge in [-0.05, 0) is 30.2 Å². The Morgan fingerprint density at radius 2 is 1.95 bits per heavy atom. The van der Waals surface area contributed by atoms with E-state index < -0.39 is 0 Å². The van der Waals surface area contributed by atoms with Crippen LogP contribution in [0.2, 0.25) is 0 Å². The molecular weight excluding hydrogens is 345 g/mol. The number of rotatable bonds is 4. The third-order valence-corrected chi connectivity index (χ3v) is 4.94. The molecule has 0 fully saturated rings. The zero-order valence-corrected chi connectivity index (χ0v) is 13.3. The maximum absolute atomic E-state index is 12.8. The van der Waals surface area contributed by atoms with Gasteiger partial charge in [-0.3, -0.25) is 10.1 Å². The van der Waals surface area contributed by atoms with E-state index in [1.54, 1.807) is 12.1 Å². The van der Waals surface area contributed by atoms with Gasteiger partial charge >= 0.3 is 0 Å². The smallest absolute Gasteiger partial charge is 0.240 e. The molecule has 0 aliphatic rings. The van der Waals surface area contributed by atoms with Crippen molar-refractivity contribution in [1.29, 1.82) is 0 Å². The lowest BCUT2D eigenvalue weighted by molar-refractivity contribution is -0.116. The van der Waals surface area contributed by atoms with Crippen molar-refractivity contribution in [3.05, 3.63) is 30.1 Å². The molecule has 0 spiro atoms. The van der Waals surface area contributed by atoms with Crippen LogP contribution in [0.1, 0.15) is 13.8 Å². The topological polar surface area (TPSA) is 54.9 Å². The van der Waals surface area contributed by atoms with E-state index in [1.807, 2.05) is 13.8 Å². The molecule has 0 bridgehead atoms. The summed E-state index contributed by atoms with van der Waals surface area (Å²) >= 11 is 4.58. The molecule has 4 nitrogen and oxygen atoms in total. The number of aromatic nitrogens is 2. The van der Waals surface area contributed by atoms with E-state index in [0.29, 0.717) is 10.1 Å². The van der Waals surface area contributed by atoms with Gasteiger partial charge in [-0.2, -0.15) is 0 Å². The monoisotopic (exact) mass is 357 g/mol. The standard InChI is InChI=1S/C13H13BrFN3OS/c1-7(2)10(14)11(19)16-13-18-17-12(20-13)8-3-5-9(15)6-4-8/h3-7,10H,1-2H3,(H,16,18,19)/t10-/m1/s1. The molecule has 1 aromatic heterocycles. The van der Waals surface area contributed by atoms with Crippen molar-refractivity contribution in [2.24, 2.45) is 5.92 Å². The number of halogens is 2. The van der Waals surface area contributed by atoms with Crippen LogP contribution < -0.4 is 5.32 Å². The van der Waals surface area contributed by atoms with Crippen molar-refractivity contribution in [3.63, 3.8) is 0 Å².